The van der Waals surface area contributed by atoms with E-state index in [1.165, 1.54) is 5.56 Å². The first-order chi connectivity index (χ1) is 13.9. The van der Waals surface area contributed by atoms with E-state index >= 15 is 0 Å². The third-order valence-electron chi connectivity index (χ3n) is 4.32. The summed E-state index contributed by atoms with van der Waals surface area (Å²) in [6, 6.07) is 13.8. The number of rotatable bonds is 9. The number of hydrogen-bond acceptors (Lipinski definition) is 6. The smallest absolute Gasteiger partial charge is 0.238 e. The first-order valence-electron chi connectivity index (χ1n) is 9.21. The Kier molecular flexibility index (Phi) is 6.92. The highest BCUT2D eigenvalue weighted by Gasteiger charge is 2.13. The van der Waals surface area contributed by atoms with Crippen molar-refractivity contribution in [3.8, 4) is 10.6 Å². The molecule has 8 heteroatoms. The maximum Gasteiger partial charge on any atom is 0.238 e. The summed E-state index contributed by atoms with van der Waals surface area (Å²) in [5, 5.41) is 3.78. The minimum Gasteiger partial charge on any atom is -0.383 e. The number of benzene rings is 2. The number of anilines is 1. The molecule has 3 N–H and O–H groups in total. The molecule has 3 aromatic rings. The van der Waals surface area contributed by atoms with Crippen LogP contribution in [0.1, 0.15) is 5.56 Å². The van der Waals surface area contributed by atoms with Crippen molar-refractivity contribution >= 4 is 39.1 Å². The summed E-state index contributed by atoms with van der Waals surface area (Å²) in [5.74, 6) is -0.699. The number of nitrogens with zero attached hydrogens (tertiary/aromatic N) is 2. The maximum atomic E-state index is 12.3. The Hall–Kier alpha value is -2.81. The number of hydrogen-bond donors (Lipinski definition) is 2. The van der Waals surface area contributed by atoms with Gasteiger partial charge in [0, 0.05) is 24.9 Å². The molecule has 1 aromatic heterocycles. The average Bonchev–Trinajstić information content (AvgIpc) is 3.09. The lowest BCUT2D eigenvalue weighted by atomic mass is 10.2. The second kappa shape index (κ2) is 9.60. The number of aromatic nitrogens is 1. The van der Waals surface area contributed by atoms with Gasteiger partial charge in [-0.3, -0.25) is 14.5 Å². The predicted molar refractivity (Wildman–Crippen MR) is 116 cm³/mol. The SMILES string of the molecule is COCCN(CC(N)=O)CC(=O)Nc1ccc(-c2nc3ccc(C)cc3s2)cc1. The standard InChI is InChI=1S/C21H24N4O3S/c1-14-3-8-17-18(11-14)29-21(24-17)15-4-6-16(7-5-15)23-20(27)13-25(9-10-28-2)12-19(22)26/h3-8,11H,9-10,12-13H2,1-2H3,(H2,22,26)(H,23,27). The van der Waals surface area contributed by atoms with Gasteiger partial charge in [0.25, 0.3) is 0 Å². The van der Waals surface area contributed by atoms with Crippen LogP contribution in [0, 0.1) is 6.92 Å². The fraction of sp³-hybridized carbons (Fsp3) is 0.286. The van der Waals surface area contributed by atoms with Gasteiger partial charge < -0.3 is 15.8 Å². The molecule has 7 nitrogen and oxygen atoms in total. The normalized spacial score (nSPS) is 11.1. The van der Waals surface area contributed by atoms with Crippen LogP contribution in [0.15, 0.2) is 42.5 Å². The van der Waals surface area contributed by atoms with Crippen LogP contribution in [0.5, 0.6) is 0 Å². The molecule has 0 aliphatic rings. The average molecular weight is 413 g/mol. The molecule has 0 atom stereocenters. The van der Waals surface area contributed by atoms with Crippen molar-refractivity contribution in [2.45, 2.75) is 6.92 Å². The molecule has 1 heterocycles. The molecule has 0 unspecified atom stereocenters. The Labute approximate surface area is 173 Å². The second-order valence-electron chi connectivity index (χ2n) is 6.79. The highest BCUT2D eigenvalue weighted by atomic mass is 32.1. The number of methoxy groups -OCH3 is 1. The van der Waals surface area contributed by atoms with Gasteiger partial charge in [-0.25, -0.2) is 4.98 Å². The van der Waals surface area contributed by atoms with Crippen molar-refractivity contribution in [1.29, 1.82) is 0 Å². The molecular formula is C21H24N4O3S. The molecule has 152 valence electrons. The molecule has 0 fully saturated rings. The van der Waals surface area contributed by atoms with Gasteiger partial charge in [-0.15, -0.1) is 11.3 Å². The number of carbonyl (C=O) groups excluding carboxylic acids is 2. The summed E-state index contributed by atoms with van der Waals surface area (Å²) < 4.78 is 6.16. The quantitative estimate of drug-likeness (QED) is 0.563. The fourth-order valence-electron chi connectivity index (χ4n) is 2.91. The zero-order valence-corrected chi connectivity index (χ0v) is 17.3. The van der Waals surface area contributed by atoms with E-state index in [4.69, 9.17) is 10.5 Å². The van der Waals surface area contributed by atoms with Crippen molar-refractivity contribution in [3.63, 3.8) is 0 Å². The van der Waals surface area contributed by atoms with Gasteiger partial charge in [0.1, 0.15) is 5.01 Å². The predicted octanol–water partition coefficient (Wildman–Crippen LogP) is 2.64. The molecule has 2 aromatic carbocycles. The molecule has 29 heavy (non-hydrogen) atoms. The Morgan fingerprint density at radius 1 is 1.17 bits per heavy atom. The number of thiazole rings is 1. The van der Waals surface area contributed by atoms with Crippen LogP contribution in [0.4, 0.5) is 5.69 Å². The van der Waals surface area contributed by atoms with E-state index in [9.17, 15) is 9.59 Å². The highest BCUT2D eigenvalue weighted by Crippen LogP contribution is 2.31. The summed E-state index contributed by atoms with van der Waals surface area (Å²) in [6.07, 6.45) is 0. The fourth-order valence-corrected chi connectivity index (χ4v) is 3.98. The summed E-state index contributed by atoms with van der Waals surface area (Å²) in [7, 11) is 1.57. The molecule has 0 aliphatic carbocycles. The largest absolute Gasteiger partial charge is 0.383 e. The number of amides is 2. The van der Waals surface area contributed by atoms with E-state index in [2.05, 4.69) is 29.4 Å². The monoisotopic (exact) mass is 412 g/mol. The van der Waals surface area contributed by atoms with Crippen molar-refractivity contribution < 1.29 is 14.3 Å². The topological polar surface area (TPSA) is 97.5 Å². The molecule has 0 radical (unpaired) electrons. The maximum absolute atomic E-state index is 12.3. The second-order valence-corrected chi connectivity index (χ2v) is 7.82. The van der Waals surface area contributed by atoms with Gasteiger partial charge in [-0.1, -0.05) is 6.07 Å². The molecule has 0 saturated carbocycles. The molecule has 0 aliphatic heterocycles. The van der Waals surface area contributed by atoms with Gasteiger partial charge in [-0.2, -0.15) is 0 Å². The van der Waals surface area contributed by atoms with Gasteiger partial charge in [0.2, 0.25) is 11.8 Å². The number of primary amides is 1. The minimum absolute atomic E-state index is 0.00674. The summed E-state index contributed by atoms with van der Waals surface area (Å²) >= 11 is 1.65. The molecule has 2 amide bonds. The Morgan fingerprint density at radius 2 is 1.93 bits per heavy atom. The van der Waals surface area contributed by atoms with Gasteiger partial charge in [-0.05, 0) is 48.9 Å². The van der Waals surface area contributed by atoms with Gasteiger partial charge in [0.05, 0.1) is 29.9 Å². The number of carbonyl (C=O) groups is 2. The van der Waals surface area contributed by atoms with Crippen LogP contribution < -0.4 is 11.1 Å². The number of ether oxygens (including phenoxy) is 1. The van der Waals surface area contributed by atoms with E-state index < -0.39 is 5.91 Å². The Morgan fingerprint density at radius 3 is 2.62 bits per heavy atom. The first-order valence-corrected chi connectivity index (χ1v) is 10.0. The van der Waals surface area contributed by atoms with Crippen LogP contribution in [0.3, 0.4) is 0 Å². The molecule has 0 bridgehead atoms. The van der Waals surface area contributed by atoms with E-state index in [0.29, 0.717) is 18.8 Å². The lowest BCUT2D eigenvalue weighted by molar-refractivity contribution is -0.121. The van der Waals surface area contributed by atoms with Crippen LogP contribution in [-0.4, -0.2) is 55.0 Å². The zero-order chi connectivity index (χ0) is 20.8. The van der Waals surface area contributed by atoms with E-state index in [1.807, 2.05) is 30.3 Å². The number of nitrogens with one attached hydrogen (secondary N) is 1. The van der Waals surface area contributed by atoms with Crippen molar-refractivity contribution in [2.24, 2.45) is 5.73 Å². The zero-order valence-electron chi connectivity index (χ0n) is 16.5. The molecular weight excluding hydrogens is 388 g/mol. The summed E-state index contributed by atoms with van der Waals surface area (Å²) in [5.41, 5.74) is 9.12. The van der Waals surface area contributed by atoms with Crippen molar-refractivity contribution in [3.05, 3.63) is 48.0 Å². The summed E-state index contributed by atoms with van der Waals surface area (Å²) in [6.45, 7) is 2.99. The van der Waals surface area contributed by atoms with Crippen molar-refractivity contribution in [2.75, 3.05) is 38.7 Å². The summed E-state index contributed by atoms with van der Waals surface area (Å²) in [4.78, 5) is 29.8. The van der Waals surface area contributed by atoms with E-state index in [1.54, 1.807) is 23.3 Å². The molecule has 0 spiro atoms. The first kappa shape index (κ1) is 20.9. The van der Waals surface area contributed by atoms with E-state index in [0.717, 1.165) is 20.8 Å². The molecule has 0 saturated heterocycles. The third-order valence-corrected chi connectivity index (χ3v) is 5.39. The van der Waals surface area contributed by atoms with Crippen LogP contribution in [0.25, 0.3) is 20.8 Å². The lowest BCUT2D eigenvalue weighted by Gasteiger charge is -2.19. The number of aryl methyl sites for hydroxylation is 1. The van der Waals surface area contributed by atoms with Gasteiger partial charge in [0.15, 0.2) is 0 Å². The highest BCUT2D eigenvalue weighted by molar-refractivity contribution is 7.21. The minimum atomic E-state index is -0.482. The van der Waals surface area contributed by atoms with E-state index in [-0.39, 0.29) is 19.0 Å². The Balaban J connectivity index is 1.64. The van der Waals surface area contributed by atoms with Crippen LogP contribution in [-0.2, 0) is 14.3 Å². The van der Waals surface area contributed by atoms with Crippen LogP contribution >= 0.6 is 11.3 Å². The lowest BCUT2D eigenvalue weighted by Crippen LogP contribution is -2.40. The molecule has 3 rings (SSSR count). The number of fused-ring (bicyclic) bond motifs is 1. The number of nitrogens with two attached hydrogens (primary N) is 1. The Bertz CT molecular complexity index is 1000. The van der Waals surface area contributed by atoms with Crippen molar-refractivity contribution in [1.82, 2.24) is 9.88 Å². The van der Waals surface area contributed by atoms with Gasteiger partial charge >= 0.3 is 0 Å². The van der Waals surface area contributed by atoms with Crippen LogP contribution in [0.2, 0.25) is 0 Å². The third kappa shape index (κ3) is 5.83.